The average Bonchev–Trinajstić information content (AvgIpc) is 1.63. The molecule has 2 unspecified atom stereocenters. The number of fused-ring (bicyclic) bond motifs is 5. The number of aromatic nitrogens is 15. The predicted octanol–water partition coefficient (Wildman–Crippen LogP) is 20.7. The van der Waals surface area contributed by atoms with Gasteiger partial charge in [0.15, 0.2) is 20.3 Å². The zero-order chi connectivity index (χ0) is 93.4. The molecular formula is C106H104N24O2S5. The van der Waals surface area contributed by atoms with E-state index in [1.807, 2.05) is 129 Å². The molecule has 4 fully saturated rings. The number of nitrogens with zero attached hydrogens (tertiary/aromatic N) is 15. The molecule has 0 bridgehead atoms. The van der Waals surface area contributed by atoms with Crippen LogP contribution in [0.2, 0.25) is 0 Å². The third-order valence-corrected chi connectivity index (χ3v) is 30.0. The molecule has 0 saturated carbocycles. The van der Waals surface area contributed by atoms with Gasteiger partial charge in [0.25, 0.3) is 11.8 Å². The highest BCUT2D eigenvalue weighted by atomic mass is 32.1. The van der Waals surface area contributed by atoms with E-state index in [0.717, 1.165) is 250 Å². The van der Waals surface area contributed by atoms with Crippen molar-refractivity contribution >= 4 is 134 Å². The summed E-state index contributed by atoms with van der Waals surface area (Å²) in [6, 6.07) is 62.5. The van der Waals surface area contributed by atoms with E-state index in [2.05, 4.69) is 241 Å². The number of rotatable bonds is 18. The van der Waals surface area contributed by atoms with Gasteiger partial charge in [0, 0.05) is 261 Å². The molecule has 690 valence electrons. The first-order valence-corrected chi connectivity index (χ1v) is 50.6. The van der Waals surface area contributed by atoms with Gasteiger partial charge in [-0.25, -0.2) is 49.8 Å². The van der Waals surface area contributed by atoms with E-state index >= 15 is 0 Å². The van der Waals surface area contributed by atoms with E-state index in [1.54, 1.807) is 43.8 Å². The standard InChI is InChI=1S/C22H21N5OS.C22H24N4S.C21H19N5OS.C21H21N5S.C20H19N5S/c1-13-19(26-21(29-13)22(28)27-8-7-16(23)12-27)18-11-25-20-17(18)9-15(10-24-20)14-5-3-2-4-6-14;1-4-26(5-2)14-20-25-21(15(3)27-20)19-13-24-22-18(19)11-17(12-23-22)16-9-7-6-8-10-16;22-15-6-7-26(11-15)21(27)20-25-18(12-28-20)17-10-24-19-16(17)8-14(9-23-19)13-4-2-1-3-5-13;1-14-19(25-21(27-14)26-9-7-22-8-10-26)18-13-24-20-17(18)11-16(12-23-20)15-5-3-2-4-6-15;1-2-4-14(5-3-1)15-10-16-17(12-23-19(16)22-11-15)18-13-26-20(24-18)25-8-6-21-7-9-25/h2-6,9-11,16H,7-8,12,23H2,1H3,(H,24,25);6-13H,4-5,14H2,1-3H3,(H,23,24);1-5,8-10,12,15H,6-7,11,22H2,(H,23,24);2-6,11-13,22H,7-10H2,1H3,(H,23,24);1-5,10-13,21H,6-9H2,(H,22,23). The minimum absolute atomic E-state index is 0.0276. The molecule has 4 saturated heterocycles. The molecule has 4 aliphatic heterocycles. The molecule has 5 aromatic carbocycles. The van der Waals surface area contributed by atoms with Crippen molar-refractivity contribution < 1.29 is 9.59 Å². The predicted molar refractivity (Wildman–Crippen MR) is 561 cm³/mol. The maximum absolute atomic E-state index is 12.8. The van der Waals surface area contributed by atoms with Gasteiger partial charge >= 0.3 is 0 Å². The maximum Gasteiger partial charge on any atom is 0.282 e. The molecule has 11 N–H and O–H groups in total. The van der Waals surface area contributed by atoms with Crippen LogP contribution >= 0.6 is 56.7 Å². The first-order chi connectivity index (χ1) is 67.1. The fourth-order valence-corrected chi connectivity index (χ4v) is 22.4. The lowest BCUT2D eigenvalue weighted by atomic mass is 10.0. The number of nitrogens with one attached hydrogen (secondary N) is 7. The number of hydrogen-bond acceptors (Lipinski definition) is 24. The summed E-state index contributed by atoms with van der Waals surface area (Å²) < 4.78 is 0. The van der Waals surface area contributed by atoms with Gasteiger partial charge in [-0.15, -0.1) is 56.7 Å². The fraction of sp³-hybridized carbons (Fsp3) is 0.226. The van der Waals surface area contributed by atoms with Crippen LogP contribution in [0, 0.1) is 20.8 Å². The van der Waals surface area contributed by atoms with E-state index in [4.69, 9.17) is 31.4 Å². The molecule has 19 heterocycles. The number of carbonyl (C=O) groups is 2. The van der Waals surface area contributed by atoms with E-state index < -0.39 is 0 Å². The highest BCUT2D eigenvalue weighted by Crippen LogP contribution is 2.42. The minimum atomic E-state index is -0.0351. The Morgan fingerprint density at radius 2 is 0.708 bits per heavy atom. The van der Waals surface area contributed by atoms with Crippen molar-refractivity contribution in [1.82, 2.24) is 100 Å². The summed E-state index contributed by atoms with van der Waals surface area (Å²) in [7, 11) is 0. The normalized spacial score (nSPS) is 14.9. The SMILES string of the molecule is CCN(CC)Cc1nc(-c2c[nH]c3ncc(-c4ccccc4)cc23)c(C)s1.Cc1sc(C(=O)N2CCC(N)C2)nc1-c1c[nH]c2ncc(-c3ccccc3)cc12.Cc1sc(N2CCNCC2)nc1-c1c[nH]c2ncc(-c3ccccc3)cc12.NC1CCN(C(=O)c2nc(-c3c[nH]c4ncc(-c5ccccc5)cc34)cs2)C1.c1ccc(-c2cnc3[nH]cc(-c4csc(N5CCNCC5)n4)c3c2)cc1. The Morgan fingerprint density at radius 3 is 1.09 bits per heavy atom. The second-order valence-electron chi connectivity index (χ2n) is 34.4. The molecule has 137 heavy (non-hydrogen) atoms. The molecule has 26 nitrogen and oxygen atoms in total. The highest BCUT2D eigenvalue weighted by Gasteiger charge is 2.31. The summed E-state index contributed by atoms with van der Waals surface area (Å²) in [4.78, 5) is 103. The molecule has 2 amide bonds. The van der Waals surface area contributed by atoms with Gasteiger partial charge in [0.05, 0.1) is 35.0 Å². The van der Waals surface area contributed by atoms with Crippen LogP contribution in [0.1, 0.15) is 65.9 Å². The summed E-state index contributed by atoms with van der Waals surface area (Å²) in [5.41, 5.74) is 37.5. The number of nitrogens with two attached hydrogens (primary N) is 2. The molecule has 0 spiro atoms. The van der Waals surface area contributed by atoms with Gasteiger partial charge in [-0.2, -0.15) is 0 Å². The van der Waals surface area contributed by atoms with Gasteiger partial charge in [-0.05, 0) is 105 Å². The number of H-pyrrole nitrogens is 5. The van der Waals surface area contributed by atoms with Crippen LogP contribution in [-0.4, -0.2) is 205 Å². The van der Waals surface area contributed by atoms with Crippen LogP contribution in [0.5, 0.6) is 0 Å². The maximum atomic E-state index is 12.8. The molecule has 0 aliphatic carbocycles. The zero-order valence-electron chi connectivity index (χ0n) is 76.6. The van der Waals surface area contributed by atoms with Crippen LogP contribution in [0.3, 0.4) is 0 Å². The van der Waals surface area contributed by atoms with Gasteiger partial charge in [0.2, 0.25) is 0 Å². The molecule has 2 atom stereocenters. The van der Waals surface area contributed by atoms with Crippen molar-refractivity contribution in [1.29, 1.82) is 0 Å². The lowest BCUT2D eigenvalue weighted by molar-refractivity contribution is 0.0783. The number of likely N-dealkylation sites (tertiary alicyclic amines) is 2. The Hall–Kier alpha value is -14.0. The second-order valence-corrected chi connectivity index (χ2v) is 39.7. The Labute approximate surface area is 812 Å². The number of benzene rings is 5. The van der Waals surface area contributed by atoms with Gasteiger partial charge in [-0.1, -0.05) is 166 Å². The summed E-state index contributed by atoms with van der Waals surface area (Å²) in [6.45, 7) is 24.5. The number of amides is 2. The number of pyridine rings is 5. The first-order valence-electron chi connectivity index (χ1n) is 46.4. The van der Waals surface area contributed by atoms with E-state index in [-0.39, 0.29) is 23.9 Å². The summed E-state index contributed by atoms with van der Waals surface area (Å²) in [5, 5.41) is 20.6. The molecule has 24 rings (SSSR count). The average molecular weight is 1910 g/mol. The molecule has 31 heteroatoms. The monoisotopic (exact) mass is 1900 g/mol. The van der Waals surface area contributed by atoms with Gasteiger partial charge in [0.1, 0.15) is 33.2 Å². The lowest BCUT2D eigenvalue weighted by Crippen LogP contribution is -2.43. The van der Waals surface area contributed by atoms with Crippen LogP contribution < -0.4 is 31.9 Å². The quantitative estimate of drug-likeness (QED) is 0.0385. The molecule has 4 aliphatic rings. The summed E-state index contributed by atoms with van der Waals surface area (Å²) >= 11 is 8.11. The van der Waals surface area contributed by atoms with E-state index in [1.165, 1.54) is 54.1 Å². The largest absolute Gasteiger partial charge is 0.346 e. The van der Waals surface area contributed by atoms with Crippen molar-refractivity contribution in [2.75, 3.05) is 101 Å². The Balaban J connectivity index is 0.000000106. The van der Waals surface area contributed by atoms with Crippen molar-refractivity contribution in [3.05, 3.63) is 284 Å². The van der Waals surface area contributed by atoms with Crippen LogP contribution in [0.25, 0.3) is 167 Å². The van der Waals surface area contributed by atoms with Crippen LogP contribution in [-0.2, 0) is 6.54 Å². The number of anilines is 2. The summed E-state index contributed by atoms with van der Waals surface area (Å²) in [6.07, 6.45) is 21.1. The van der Waals surface area contributed by atoms with Crippen LogP contribution in [0.15, 0.2) is 255 Å². The Bertz CT molecular complexity index is 7570. The summed E-state index contributed by atoms with van der Waals surface area (Å²) in [5.74, 6) is -0.0626. The smallest absolute Gasteiger partial charge is 0.282 e. The lowest BCUT2D eigenvalue weighted by Gasteiger charge is -2.26. The molecule has 0 radical (unpaired) electrons. The molecule has 20 aromatic rings. The van der Waals surface area contributed by atoms with E-state index in [9.17, 15) is 9.59 Å². The van der Waals surface area contributed by atoms with Crippen molar-refractivity contribution in [2.45, 2.75) is 66.1 Å². The first kappa shape index (κ1) is 90.8. The van der Waals surface area contributed by atoms with Crippen molar-refractivity contribution in [3.63, 3.8) is 0 Å². The second kappa shape index (κ2) is 41.3. The molecular weight excluding hydrogens is 1800 g/mol. The fourth-order valence-electron chi connectivity index (χ4n) is 17.8. The number of aryl methyl sites for hydroxylation is 3. The number of aromatic amines is 5. The topological polar surface area (TPSA) is 334 Å². The number of hydrogen-bond donors (Lipinski definition) is 9. The minimum Gasteiger partial charge on any atom is -0.346 e. The third-order valence-electron chi connectivity index (χ3n) is 25.3. The van der Waals surface area contributed by atoms with Crippen molar-refractivity contribution in [2.24, 2.45) is 11.5 Å². The van der Waals surface area contributed by atoms with Gasteiger partial charge < -0.3 is 66.6 Å². The number of thiazole rings is 5. The zero-order valence-corrected chi connectivity index (χ0v) is 80.7. The molecule has 15 aromatic heterocycles. The van der Waals surface area contributed by atoms with Crippen LogP contribution in [0.4, 0.5) is 10.3 Å². The van der Waals surface area contributed by atoms with Crippen molar-refractivity contribution in [3.8, 4) is 112 Å². The third kappa shape index (κ3) is 20.1. The Kier molecular flexibility index (Phi) is 27.4. The number of piperazine rings is 2. The Morgan fingerprint density at radius 1 is 0.372 bits per heavy atom. The van der Waals surface area contributed by atoms with Gasteiger partial charge in [-0.3, -0.25) is 14.5 Å². The number of carbonyl (C=O) groups excluding carboxylic acids is 2. The van der Waals surface area contributed by atoms with E-state index in [0.29, 0.717) is 36.2 Å². The highest BCUT2D eigenvalue weighted by molar-refractivity contribution is 7.16.